The molecule has 0 aliphatic heterocycles. The van der Waals surface area contributed by atoms with Crippen LogP contribution in [0.3, 0.4) is 0 Å². The van der Waals surface area contributed by atoms with Gasteiger partial charge in [-0.3, -0.25) is 4.99 Å². The molecule has 0 spiro atoms. The number of hydrogen-bond donors (Lipinski definition) is 2. The third-order valence-corrected chi connectivity index (χ3v) is 6.47. The molecule has 0 fully saturated rings. The second-order valence-electron chi connectivity index (χ2n) is 8.61. The van der Waals surface area contributed by atoms with Gasteiger partial charge in [-0.25, -0.2) is 0 Å². The summed E-state index contributed by atoms with van der Waals surface area (Å²) in [5.74, 6) is 0.285. The van der Waals surface area contributed by atoms with Crippen LogP contribution in [0.4, 0.5) is 11.4 Å². The molecule has 0 aromatic heterocycles. The Balaban J connectivity index is 2.06. The van der Waals surface area contributed by atoms with E-state index in [9.17, 15) is 5.11 Å². The van der Waals surface area contributed by atoms with Gasteiger partial charge in [-0.1, -0.05) is 71.0 Å². The van der Waals surface area contributed by atoms with E-state index >= 15 is 0 Å². The van der Waals surface area contributed by atoms with Crippen LogP contribution in [0.2, 0.25) is 0 Å². The molecule has 0 saturated heterocycles. The lowest BCUT2D eigenvalue weighted by Gasteiger charge is -2.16. The molecule has 0 atom stereocenters. The number of phenolic OH excluding ortho intramolecular Hbond substituents is 1. The maximum atomic E-state index is 10.4. The van der Waals surface area contributed by atoms with E-state index in [2.05, 4.69) is 58.9 Å². The van der Waals surface area contributed by atoms with Gasteiger partial charge in [-0.15, -0.1) is 0 Å². The van der Waals surface area contributed by atoms with Crippen molar-refractivity contribution in [3.8, 4) is 5.75 Å². The summed E-state index contributed by atoms with van der Waals surface area (Å²) in [7, 11) is 0. The molecule has 3 N–H and O–H groups in total. The first kappa shape index (κ1) is 24.6. The van der Waals surface area contributed by atoms with Crippen molar-refractivity contribution in [1.82, 2.24) is 0 Å². The molecule has 3 nitrogen and oxygen atoms in total. The predicted octanol–water partition coefficient (Wildman–Crippen LogP) is 7.35. The number of benzene rings is 3. The molecular formula is C30H38N2O. The number of anilines is 1. The van der Waals surface area contributed by atoms with Crippen LogP contribution in [0.15, 0.2) is 53.5 Å². The fraction of sp³-hybridized carbons (Fsp3) is 0.367. The summed E-state index contributed by atoms with van der Waals surface area (Å²) < 4.78 is 0. The molecule has 3 aromatic carbocycles. The van der Waals surface area contributed by atoms with Gasteiger partial charge in [0.1, 0.15) is 5.75 Å². The summed E-state index contributed by atoms with van der Waals surface area (Å²) in [4.78, 5) is 5.10. The Kier molecular flexibility index (Phi) is 8.32. The first-order valence-corrected chi connectivity index (χ1v) is 12.4. The van der Waals surface area contributed by atoms with Crippen LogP contribution in [0.5, 0.6) is 5.75 Å². The fourth-order valence-electron chi connectivity index (χ4n) is 4.57. The Bertz CT molecular complexity index is 1090. The van der Waals surface area contributed by atoms with E-state index in [1.807, 2.05) is 18.2 Å². The number of hydrogen-bond acceptors (Lipinski definition) is 3. The molecule has 0 saturated carbocycles. The minimum Gasteiger partial charge on any atom is -0.507 e. The summed E-state index contributed by atoms with van der Waals surface area (Å²) in [5, 5.41) is 10.4. The monoisotopic (exact) mass is 442 g/mol. The zero-order valence-electron chi connectivity index (χ0n) is 20.8. The van der Waals surface area contributed by atoms with Crippen LogP contribution in [-0.2, 0) is 32.1 Å². The molecule has 0 aliphatic carbocycles. The summed E-state index contributed by atoms with van der Waals surface area (Å²) >= 11 is 0. The number of nitrogens with two attached hydrogens (primary N) is 1. The lowest BCUT2D eigenvalue weighted by molar-refractivity contribution is 0.474. The number of rotatable bonds is 9. The van der Waals surface area contributed by atoms with Crippen molar-refractivity contribution in [3.63, 3.8) is 0 Å². The van der Waals surface area contributed by atoms with Crippen LogP contribution >= 0.6 is 0 Å². The minimum absolute atomic E-state index is 0.285. The molecule has 0 amide bonds. The number of aryl methyl sites for hydroxylation is 4. The lowest BCUT2D eigenvalue weighted by atomic mass is 9.92. The second-order valence-corrected chi connectivity index (χ2v) is 8.61. The Morgan fingerprint density at radius 2 is 1.24 bits per heavy atom. The molecule has 3 rings (SSSR count). The minimum atomic E-state index is 0.285. The SMILES string of the molecule is CCC(=Nc1c(CC)cc(Cc2cc(CC)c(N)c(CC)c2)cc1CC)c1ccccc1O. The highest BCUT2D eigenvalue weighted by molar-refractivity contribution is 6.04. The molecule has 3 heteroatoms. The molecule has 3 aromatic rings. The Morgan fingerprint density at radius 3 is 1.70 bits per heavy atom. The van der Waals surface area contributed by atoms with E-state index in [-0.39, 0.29) is 5.75 Å². The summed E-state index contributed by atoms with van der Waals surface area (Å²) in [6.07, 6.45) is 5.39. The largest absolute Gasteiger partial charge is 0.507 e. The van der Waals surface area contributed by atoms with Crippen molar-refractivity contribution in [3.05, 3.63) is 87.5 Å². The zero-order chi connectivity index (χ0) is 24.0. The molecule has 0 aliphatic rings. The quantitative estimate of drug-likeness (QED) is 0.269. The Hall–Kier alpha value is -3.07. The number of phenols is 1. The van der Waals surface area contributed by atoms with Gasteiger partial charge in [0.05, 0.1) is 11.4 Å². The predicted molar refractivity (Wildman–Crippen MR) is 142 cm³/mol. The highest BCUT2D eigenvalue weighted by atomic mass is 16.3. The maximum Gasteiger partial charge on any atom is 0.124 e. The lowest BCUT2D eigenvalue weighted by Crippen LogP contribution is -2.03. The van der Waals surface area contributed by atoms with Gasteiger partial charge in [-0.05, 0) is 84.0 Å². The Labute approximate surface area is 199 Å². The van der Waals surface area contributed by atoms with Crippen molar-refractivity contribution in [2.24, 2.45) is 4.99 Å². The number of aromatic hydroxyl groups is 1. The number of aliphatic imine (C=N–C) groups is 1. The maximum absolute atomic E-state index is 10.4. The summed E-state index contributed by atoms with van der Waals surface area (Å²) in [6.45, 7) is 10.8. The van der Waals surface area contributed by atoms with Crippen molar-refractivity contribution in [2.75, 3.05) is 5.73 Å². The van der Waals surface area contributed by atoms with E-state index in [1.165, 1.54) is 33.4 Å². The van der Waals surface area contributed by atoms with E-state index in [4.69, 9.17) is 10.7 Å². The number of nitrogen functional groups attached to an aromatic ring is 1. The molecule has 0 radical (unpaired) electrons. The second kappa shape index (κ2) is 11.2. The van der Waals surface area contributed by atoms with Crippen LogP contribution in [0.25, 0.3) is 0 Å². The first-order valence-electron chi connectivity index (χ1n) is 12.4. The molecule has 0 heterocycles. The van der Waals surface area contributed by atoms with Crippen molar-refractivity contribution < 1.29 is 5.11 Å². The van der Waals surface area contributed by atoms with Gasteiger partial charge < -0.3 is 10.8 Å². The average Bonchev–Trinajstić information content (AvgIpc) is 2.84. The van der Waals surface area contributed by atoms with Gasteiger partial charge in [-0.2, -0.15) is 0 Å². The highest BCUT2D eigenvalue weighted by Crippen LogP contribution is 2.32. The zero-order valence-corrected chi connectivity index (χ0v) is 20.8. The fourth-order valence-corrected chi connectivity index (χ4v) is 4.57. The summed E-state index contributed by atoms with van der Waals surface area (Å²) in [6, 6.07) is 16.6. The van der Waals surface area contributed by atoms with E-state index in [0.29, 0.717) is 0 Å². The van der Waals surface area contributed by atoms with Crippen LogP contribution in [0, 0.1) is 0 Å². The van der Waals surface area contributed by atoms with E-state index in [1.54, 1.807) is 6.07 Å². The third kappa shape index (κ3) is 5.47. The average molecular weight is 443 g/mol. The smallest absolute Gasteiger partial charge is 0.124 e. The molecule has 0 unspecified atom stereocenters. The van der Waals surface area contributed by atoms with Crippen molar-refractivity contribution in [1.29, 1.82) is 0 Å². The van der Waals surface area contributed by atoms with Crippen molar-refractivity contribution in [2.45, 2.75) is 73.1 Å². The highest BCUT2D eigenvalue weighted by Gasteiger charge is 2.14. The topological polar surface area (TPSA) is 58.6 Å². The van der Waals surface area contributed by atoms with Gasteiger partial charge in [0.25, 0.3) is 0 Å². The normalized spacial score (nSPS) is 11.7. The molecule has 174 valence electrons. The number of nitrogens with zero attached hydrogens (tertiary/aromatic N) is 1. The first-order chi connectivity index (χ1) is 15.9. The number of para-hydroxylation sites is 1. The summed E-state index contributed by atoms with van der Waals surface area (Å²) in [5.41, 5.74) is 17.7. The molecular weight excluding hydrogens is 404 g/mol. The van der Waals surface area contributed by atoms with Gasteiger partial charge >= 0.3 is 0 Å². The standard InChI is InChI=1S/C30H38N2O/c1-6-22-16-20(17-23(7-2)29(22)31)15-21-18-24(8-3)30(25(9-4)19-21)32-27(10-5)26-13-11-12-14-28(26)33/h11-14,16-19,33H,6-10,15,31H2,1-5H3. The Morgan fingerprint density at radius 1 is 0.758 bits per heavy atom. The van der Waals surface area contributed by atoms with Crippen LogP contribution in [0.1, 0.15) is 80.0 Å². The molecule has 33 heavy (non-hydrogen) atoms. The third-order valence-electron chi connectivity index (χ3n) is 6.47. The van der Waals surface area contributed by atoms with Crippen molar-refractivity contribution >= 4 is 17.1 Å². The molecule has 0 bridgehead atoms. The van der Waals surface area contributed by atoms with Gasteiger partial charge in [0.2, 0.25) is 0 Å². The van der Waals surface area contributed by atoms with E-state index in [0.717, 1.165) is 61.2 Å². The van der Waals surface area contributed by atoms with Crippen LogP contribution in [-0.4, -0.2) is 10.8 Å². The van der Waals surface area contributed by atoms with Gasteiger partial charge in [0.15, 0.2) is 0 Å². The van der Waals surface area contributed by atoms with E-state index < -0.39 is 0 Å². The van der Waals surface area contributed by atoms with Crippen LogP contribution < -0.4 is 5.73 Å². The van der Waals surface area contributed by atoms with Gasteiger partial charge in [0, 0.05) is 11.3 Å².